The van der Waals surface area contributed by atoms with E-state index in [0.29, 0.717) is 0 Å². The Kier molecular flexibility index (Phi) is 0.889. The second-order valence-electron chi connectivity index (χ2n) is 2.29. The molecule has 7 heavy (non-hydrogen) atoms. The first-order chi connectivity index (χ1) is 3.27. The predicted octanol–water partition coefficient (Wildman–Crippen LogP) is 0.672. The fourth-order valence-electron chi connectivity index (χ4n) is 0.507. The van der Waals surface area contributed by atoms with Crippen LogP contribution in [0.15, 0.2) is 0 Å². The molecule has 0 aromatic rings. The topological polar surface area (TPSA) is 33.1 Å². The molecule has 0 bridgehead atoms. The molecule has 0 aliphatic carbocycles. The number of rotatable bonds is 1. The third kappa shape index (κ3) is 0.657. The van der Waals surface area contributed by atoms with Crippen LogP contribution in [0.1, 0.15) is 6.92 Å². The average Bonchev–Trinajstić information content (AvgIpc) is 1.61. The summed E-state index contributed by atoms with van der Waals surface area (Å²) in [5.74, 6) is 0. The van der Waals surface area contributed by atoms with E-state index in [-0.39, 0.29) is 5.41 Å². The molecule has 0 atom stereocenters. The largest absolute Gasteiger partial charge is 0.379 e. The van der Waals surface area contributed by atoms with Crippen molar-refractivity contribution in [2.24, 2.45) is 5.41 Å². The highest BCUT2D eigenvalue weighted by atomic mass is 16.5. The van der Waals surface area contributed by atoms with Gasteiger partial charge in [-0.15, -0.1) is 0 Å². The van der Waals surface area contributed by atoms with E-state index in [1.165, 1.54) is 6.21 Å². The normalized spacial score (nSPS) is 25.9. The first-order valence-electron chi connectivity index (χ1n) is 2.36. The van der Waals surface area contributed by atoms with Gasteiger partial charge in [-0.25, -0.2) is 0 Å². The number of hydrogen-bond acceptors (Lipinski definition) is 2. The molecule has 2 heteroatoms. The molecule has 2 nitrogen and oxygen atoms in total. The van der Waals surface area contributed by atoms with Crippen molar-refractivity contribution in [2.45, 2.75) is 6.92 Å². The van der Waals surface area contributed by atoms with Crippen molar-refractivity contribution in [1.82, 2.24) is 0 Å². The zero-order chi connectivity index (χ0) is 5.33. The maximum absolute atomic E-state index is 6.85. The van der Waals surface area contributed by atoms with Gasteiger partial charge < -0.3 is 10.1 Å². The van der Waals surface area contributed by atoms with Crippen molar-refractivity contribution in [3.8, 4) is 0 Å². The van der Waals surface area contributed by atoms with Gasteiger partial charge in [0, 0.05) is 11.6 Å². The standard InChI is InChI=1S/C5H9NO/c1-5(2-6)3-7-4-5/h2,6H,3-4H2,1H3. The fourth-order valence-corrected chi connectivity index (χ4v) is 0.507. The molecule has 1 aliphatic rings. The molecule has 1 saturated heterocycles. The Bertz CT molecular complexity index is 86.1. The van der Waals surface area contributed by atoms with Crippen LogP contribution in [0.4, 0.5) is 0 Å². The van der Waals surface area contributed by atoms with Crippen LogP contribution < -0.4 is 0 Å². The van der Waals surface area contributed by atoms with Crippen LogP contribution in [-0.4, -0.2) is 19.4 Å². The Morgan fingerprint density at radius 3 is 2.29 bits per heavy atom. The van der Waals surface area contributed by atoms with E-state index in [9.17, 15) is 0 Å². The van der Waals surface area contributed by atoms with E-state index in [2.05, 4.69) is 0 Å². The summed E-state index contributed by atoms with van der Waals surface area (Å²) in [5.41, 5.74) is 0.0833. The smallest absolute Gasteiger partial charge is 0.0591 e. The van der Waals surface area contributed by atoms with Gasteiger partial charge in [0.15, 0.2) is 0 Å². The van der Waals surface area contributed by atoms with E-state index in [4.69, 9.17) is 10.1 Å². The van der Waals surface area contributed by atoms with Gasteiger partial charge in [0.25, 0.3) is 0 Å². The number of ether oxygens (including phenoxy) is 1. The van der Waals surface area contributed by atoms with Crippen molar-refractivity contribution in [2.75, 3.05) is 13.2 Å². The molecule has 1 rings (SSSR count). The monoisotopic (exact) mass is 99.1 g/mol. The molecule has 40 valence electrons. The quantitative estimate of drug-likeness (QED) is 0.481. The summed E-state index contributed by atoms with van der Waals surface area (Å²) in [4.78, 5) is 0. The lowest BCUT2D eigenvalue weighted by molar-refractivity contribution is -0.0558. The molecule has 1 fully saturated rings. The fraction of sp³-hybridized carbons (Fsp3) is 0.800. The molecule has 0 unspecified atom stereocenters. The lowest BCUT2D eigenvalue weighted by Crippen LogP contribution is -2.40. The highest BCUT2D eigenvalue weighted by Gasteiger charge is 2.30. The Balaban J connectivity index is 2.43. The Hall–Kier alpha value is -0.370. The van der Waals surface area contributed by atoms with Gasteiger partial charge >= 0.3 is 0 Å². The van der Waals surface area contributed by atoms with Crippen molar-refractivity contribution < 1.29 is 4.74 Å². The predicted molar refractivity (Wildman–Crippen MR) is 27.7 cm³/mol. The minimum absolute atomic E-state index is 0.0833. The van der Waals surface area contributed by atoms with Gasteiger partial charge in [-0.3, -0.25) is 0 Å². The minimum atomic E-state index is 0.0833. The van der Waals surface area contributed by atoms with Gasteiger partial charge in [0.2, 0.25) is 0 Å². The molecule has 0 saturated carbocycles. The third-order valence-corrected chi connectivity index (χ3v) is 1.21. The molecule has 0 spiro atoms. The van der Waals surface area contributed by atoms with Crippen LogP contribution >= 0.6 is 0 Å². The number of hydrogen-bond donors (Lipinski definition) is 1. The SMILES string of the molecule is CC1(C=N)COC1. The van der Waals surface area contributed by atoms with Gasteiger partial charge in [0.1, 0.15) is 0 Å². The van der Waals surface area contributed by atoms with Gasteiger partial charge in [-0.1, -0.05) is 6.92 Å². The first-order valence-corrected chi connectivity index (χ1v) is 2.36. The van der Waals surface area contributed by atoms with Crippen molar-refractivity contribution in [3.63, 3.8) is 0 Å². The second kappa shape index (κ2) is 1.30. The number of nitrogens with one attached hydrogen (secondary N) is 1. The third-order valence-electron chi connectivity index (χ3n) is 1.21. The van der Waals surface area contributed by atoms with E-state index >= 15 is 0 Å². The lowest BCUT2D eigenvalue weighted by atomic mass is 9.91. The Morgan fingerprint density at radius 2 is 2.29 bits per heavy atom. The average molecular weight is 99.1 g/mol. The molecular formula is C5H9NO. The summed E-state index contributed by atoms with van der Waals surface area (Å²) in [5, 5.41) is 6.85. The molecular weight excluding hydrogens is 90.1 g/mol. The summed E-state index contributed by atoms with van der Waals surface area (Å²) in [6, 6.07) is 0. The van der Waals surface area contributed by atoms with Crippen molar-refractivity contribution >= 4 is 6.21 Å². The Labute approximate surface area is 43.0 Å². The van der Waals surface area contributed by atoms with E-state index in [0.717, 1.165) is 13.2 Å². The first kappa shape index (κ1) is 4.78. The molecule has 0 aromatic carbocycles. The molecule has 0 radical (unpaired) electrons. The van der Waals surface area contributed by atoms with Gasteiger partial charge in [0.05, 0.1) is 13.2 Å². The molecule has 1 aliphatic heterocycles. The van der Waals surface area contributed by atoms with E-state index < -0.39 is 0 Å². The van der Waals surface area contributed by atoms with Crippen molar-refractivity contribution in [1.29, 1.82) is 5.41 Å². The van der Waals surface area contributed by atoms with Crippen LogP contribution in [0.5, 0.6) is 0 Å². The summed E-state index contributed by atoms with van der Waals surface area (Å²) in [6.45, 7) is 3.48. The van der Waals surface area contributed by atoms with E-state index in [1.54, 1.807) is 0 Å². The molecule has 0 amide bonds. The van der Waals surface area contributed by atoms with E-state index in [1.807, 2.05) is 6.92 Å². The van der Waals surface area contributed by atoms with Crippen LogP contribution in [0.2, 0.25) is 0 Å². The lowest BCUT2D eigenvalue weighted by Gasteiger charge is -2.33. The van der Waals surface area contributed by atoms with Crippen LogP contribution in [0, 0.1) is 10.8 Å². The van der Waals surface area contributed by atoms with Crippen LogP contribution in [-0.2, 0) is 4.74 Å². The zero-order valence-corrected chi connectivity index (χ0v) is 4.40. The van der Waals surface area contributed by atoms with Gasteiger partial charge in [-0.05, 0) is 0 Å². The summed E-state index contributed by atoms with van der Waals surface area (Å²) < 4.78 is 4.88. The Morgan fingerprint density at radius 1 is 1.71 bits per heavy atom. The summed E-state index contributed by atoms with van der Waals surface area (Å²) in [7, 11) is 0. The maximum Gasteiger partial charge on any atom is 0.0591 e. The molecule has 1 heterocycles. The molecule has 0 aromatic heterocycles. The minimum Gasteiger partial charge on any atom is -0.379 e. The summed E-state index contributed by atoms with van der Waals surface area (Å²) >= 11 is 0. The summed E-state index contributed by atoms with van der Waals surface area (Å²) in [6.07, 6.45) is 1.45. The van der Waals surface area contributed by atoms with Crippen molar-refractivity contribution in [3.05, 3.63) is 0 Å². The van der Waals surface area contributed by atoms with Crippen LogP contribution in [0.3, 0.4) is 0 Å². The highest BCUT2D eigenvalue weighted by Crippen LogP contribution is 2.22. The zero-order valence-electron chi connectivity index (χ0n) is 4.40. The van der Waals surface area contributed by atoms with Crippen LogP contribution in [0.25, 0.3) is 0 Å². The maximum atomic E-state index is 6.85. The van der Waals surface area contributed by atoms with Gasteiger partial charge in [-0.2, -0.15) is 0 Å². The molecule has 1 N–H and O–H groups in total. The second-order valence-corrected chi connectivity index (χ2v) is 2.29. The highest BCUT2D eigenvalue weighted by molar-refractivity contribution is 5.63.